The fraction of sp³-hybridized carbons (Fsp3) is 0.583. The van der Waals surface area contributed by atoms with E-state index in [0.717, 1.165) is 50.6 Å². The summed E-state index contributed by atoms with van der Waals surface area (Å²) < 4.78 is 8.10. The van der Waals surface area contributed by atoms with Crippen LogP contribution in [0, 0.1) is 19.8 Å². The third-order valence-corrected chi connectivity index (χ3v) is 5.95. The summed E-state index contributed by atoms with van der Waals surface area (Å²) in [4.78, 5) is 4.94. The number of benzene rings is 1. The standard InChI is InChI=1S/C24H37N5O/c1-6-25-24(27-17(2)15-22-18(3)28-29(5)19(22)4)26-16-21-13-10-14-30-23(21)20-11-8-7-9-12-20/h7-9,11-12,17,21,23H,6,10,13-16H2,1-5H3,(H2,25,26,27). The molecule has 0 radical (unpaired) electrons. The maximum absolute atomic E-state index is 6.14. The highest BCUT2D eigenvalue weighted by Crippen LogP contribution is 2.33. The molecule has 1 aliphatic rings. The molecule has 2 heterocycles. The van der Waals surface area contributed by atoms with Crippen molar-refractivity contribution in [2.75, 3.05) is 19.7 Å². The number of hydrogen-bond acceptors (Lipinski definition) is 3. The molecule has 1 aliphatic heterocycles. The molecule has 3 rings (SSSR count). The van der Waals surface area contributed by atoms with E-state index in [1.54, 1.807) is 0 Å². The van der Waals surface area contributed by atoms with Crippen molar-refractivity contribution in [3.63, 3.8) is 0 Å². The zero-order chi connectivity index (χ0) is 21.5. The fourth-order valence-electron chi connectivity index (χ4n) is 4.27. The van der Waals surface area contributed by atoms with Crippen molar-refractivity contribution in [1.82, 2.24) is 20.4 Å². The Bertz CT molecular complexity index is 830. The molecule has 3 unspecified atom stereocenters. The van der Waals surface area contributed by atoms with Crippen LogP contribution in [0.1, 0.15) is 55.3 Å². The van der Waals surface area contributed by atoms with Gasteiger partial charge in [-0.25, -0.2) is 0 Å². The molecule has 6 heteroatoms. The molecule has 3 atom stereocenters. The van der Waals surface area contributed by atoms with Crippen LogP contribution in [0.3, 0.4) is 0 Å². The zero-order valence-corrected chi connectivity index (χ0v) is 19.1. The Labute approximate surface area is 181 Å². The van der Waals surface area contributed by atoms with Crippen molar-refractivity contribution in [1.29, 1.82) is 0 Å². The smallest absolute Gasteiger partial charge is 0.191 e. The maximum Gasteiger partial charge on any atom is 0.191 e. The Morgan fingerprint density at radius 2 is 2.07 bits per heavy atom. The molecule has 1 saturated heterocycles. The van der Waals surface area contributed by atoms with E-state index in [-0.39, 0.29) is 12.1 Å². The second-order valence-electron chi connectivity index (χ2n) is 8.35. The van der Waals surface area contributed by atoms with Crippen LogP contribution < -0.4 is 10.6 Å². The Kier molecular flexibility index (Phi) is 7.91. The summed E-state index contributed by atoms with van der Waals surface area (Å²) in [6.45, 7) is 11.0. The predicted molar refractivity (Wildman–Crippen MR) is 123 cm³/mol. The first-order chi connectivity index (χ1) is 14.5. The second-order valence-corrected chi connectivity index (χ2v) is 8.35. The van der Waals surface area contributed by atoms with E-state index >= 15 is 0 Å². The Morgan fingerprint density at radius 1 is 1.30 bits per heavy atom. The van der Waals surface area contributed by atoms with Crippen LogP contribution in [0.5, 0.6) is 0 Å². The highest BCUT2D eigenvalue weighted by atomic mass is 16.5. The molecule has 0 spiro atoms. The topological polar surface area (TPSA) is 63.5 Å². The maximum atomic E-state index is 6.14. The van der Waals surface area contributed by atoms with Gasteiger partial charge in [-0.05, 0) is 58.1 Å². The molecule has 0 aliphatic carbocycles. The molecule has 2 aromatic rings. The summed E-state index contributed by atoms with van der Waals surface area (Å²) in [5.74, 6) is 1.27. The van der Waals surface area contributed by atoms with Crippen LogP contribution in [-0.4, -0.2) is 41.5 Å². The van der Waals surface area contributed by atoms with E-state index in [4.69, 9.17) is 9.73 Å². The highest BCUT2D eigenvalue weighted by molar-refractivity contribution is 5.80. The highest BCUT2D eigenvalue weighted by Gasteiger charge is 2.27. The van der Waals surface area contributed by atoms with Gasteiger partial charge >= 0.3 is 0 Å². The first-order valence-corrected chi connectivity index (χ1v) is 11.2. The molecule has 30 heavy (non-hydrogen) atoms. The number of aryl methyl sites for hydroxylation is 2. The van der Waals surface area contributed by atoms with Crippen LogP contribution >= 0.6 is 0 Å². The molecule has 1 aromatic carbocycles. The lowest BCUT2D eigenvalue weighted by Gasteiger charge is -2.31. The van der Waals surface area contributed by atoms with Gasteiger partial charge in [0.05, 0.1) is 11.8 Å². The molecule has 6 nitrogen and oxygen atoms in total. The Balaban J connectivity index is 1.65. The lowest BCUT2D eigenvalue weighted by Crippen LogP contribution is -2.43. The molecule has 164 valence electrons. The molecule has 0 amide bonds. The van der Waals surface area contributed by atoms with Gasteiger partial charge in [-0.3, -0.25) is 9.67 Å². The summed E-state index contributed by atoms with van der Waals surface area (Å²) >= 11 is 0. The average molecular weight is 412 g/mol. The predicted octanol–water partition coefficient (Wildman–Crippen LogP) is 3.69. The van der Waals surface area contributed by atoms with Gasteiger partial charge in [0.15, 0.2) is 5.96 Å². The van der Waals surface area contributed by atoms with Crippen molar-refractivity contribution in [2.24, 2.45) is 18.0 Å². The molecular weight excluding hydrogens is 374 g/mol. The van der Waals surface area contributed by atoms with E-state index in [9.17, 15) is 0 Å². The average Bonchev–Trinajstić information content (AvgIpc) is 2.99. The van der Waals surface area contributed by atoms with Crippen LogP contribution in [0.15, 0.2) is 35.3 Å². The summed E-state index contributed by atoms with van der Waals surface area (Å²) in [6, 6.07) is 10.8. The van der Waals surface area contributed by atoms with Gasteiger partial charge in [-0.1, -0.05) is 30.3 Å². The fourth-order valence-corrected chi connectivity index (χ4v) is 4.27. The van der Waals surface area contributed by atoms with Crippen molar-refractivity contribution < 1.29 is 4.74 Å². The summed E-state index contributed by atoms with van der Waals surface area (Å²) in [7, 11) is 2.00. The van der Waals surface area contributed by atoms with E-state index < -0.39 is 0 Å². The van der Waals surface area contributed by atoms with Gasteiger partial charge in [0.25, 0.3) is 0 Å². The largest absolute Gasteiger partial charge is 0.373 e. The van der Waals surface area contributed by atoms with Crippen LogP contribution in [0.4, 0.5) is 0 Å². The van der Waals surface area contributed by atoms with Gasteiger partial charge < -0.3 is 15.4 Å². The van der Waals surface area contributed by atoms with E-state index in [1.807, 2.05) is 11.7 Å². The van der Waals surface area contributed by atoms with Gasteiger partial charge in [0.1, 0.15) is 0 Å². The molecule has 0 bridgehead atoms. The number of aliphatic imine (C=N–C) groups is 1. The van der Waals surface area contributed by atoms with Gasteiger partial charge in [-0.2, -0.15) is 5.10 Å². The van der Waals surface area contributed by atoms with Gasteiger partial charge in [-0.15, -0.1) is 0 Å². The first kappa shape index (κ1) is 22.3. The van der Waals surface area contributed by atoms with Gasteiger partial charge in [0.2, 0.25) is 0 Å². The number of guanidine groups is 1. The Morgan fingerprint density at radius 3 is 2.73 bits per heavy atom. The Hall–Kier alpha value is -2.34. The third-order valence-electron chi connectivity index (χ3n) is 5.95. The molecule has 0 saturated carbocycles. The normalized spacial score (nSPS) is 20.8. The minimum absolute atomic E-state index is 0.129. The number of ether oxygens (including phenoxy) is 1. The quantitative estimate of drug-likeness (QED) is 0.539. The third kappa shape index (κ3) is 5.63. The van der Waals surface area contributed by atoms with Crippen molar-refractivity contribution in [2.45, 2.75) is 59.1 Å². The molecule has 1 fully saturated rings. The summed E-state index contributed by atoms with van der Waals surface area (Å²) in [6.07, 6.45) is 3.30. The minimum atomic E-state index is 0.129. The number of rotatable bonds is 7. The number of aromatic nitrogens is 2. The minimum Gasteiger partial charge on any atom is -0.373 e. The lowest BCUT2D eigenvalue weighted by molar-refractivity contribution is -0.0250. The second kappa shape index (κ2) is 10.6. The van der Waals surface area contributed by atoms with Crippen LogP contribution in [0.25, 0.3) is 0 Å². The first-order valence-electron chi connectivity index (χ1n) is 11.2. The zero-order valence-electron chi connectivity index (χ0n) is 19.1. The van der Waals surface area contributed by atoms with Crippen molar-refractivity contribution in [3.8, 4) is 0 Å². The van der Waals surface area contributed by atoms with E-state index in [1.165, 1.54) is 16.8 Å². The number of nitrogens with one attached hydrogen (secondary N) is 2. The molecule has 1 aromatic heterocycles. The monoisotopic (exact) mass is 411 g/mol. The SMILES string of the molecule is CCNC(=NCC1CCCOC1c1ccccc1)NC(C)Cc1c(C)nn(C)c1C. The van der Waals surface area contributed by atoms with Crippen molar-refractivity contribution >= 4 is 5.96 Å². The lowest BCUT2D eigenvalue weighted by atomic mass is 9.89. The molecular formula is C24H37N5O. The van der Waals surface area contributed by atoms with Crippen molar-refractivity contribution in [3.05, 3.63) is 52.8 Å². The van der Waals surface area contributed by atoms with E-state index in [0.29, 0.717) is 5.92 Å². The van der Waals surface area contributed by atoms with Crippen LogP contribution in [-0.2, 0) is 18.2 Å². The number of nitrogens with zero attached hydrogens (tertiary/aromatic N) is 3. The number of hydrogen-bond donors (Lipinski definition) is 2. The summed E-state index contributed by atoms with van der Waals surface area (Å²) in [5, 5.41) is 11.5. The van der Waals surface area contributed by atoms with Crippen LogP contribution in [0.2, 0.25) is 0 Å². The van der Waals surface area contributed by atoms with Gasteiger partial charge in [0, 0.05) is 44.4 Å². The van der Waals surface area contributed by atoms with E-state index in [2.05, 4.69) is 73.8 Å². The molecule has 2 N–H and O–H groups in total. The summed E-state index contributed by atoms with van der Waals surface area (Å²) in [5.41, 5.74) is 4.91.